The summed E-state index contributed by atoms with van der Waals surface area (Å²) in [4.78, 5) is 2.62. The minimum atomic E-state index is -0.276. The molecule has 2 unspecified atom stereocenters. The molecule has 1 aliphatic carbocycles. The first-order valence-electron chi connectivity index (χ1n) is 10.4. The maximum absolute atomic E-state index is 6.33. The van der Waals surface area contributed by atoms with Crippen LogP contribution in [0.25, 0.3) is 0 Å². The molecule has 0 bridgehead atoms. The molecular formula is C21H34BNO3. The SMILES string of the molecule is CCCN1CC2(CCOCC2)C2C=CC(B3OC(C)(C)C(C)(C)O3)C=C21. The van der Waals surface area contributed by atoms with Gasteiger partial charge in [0.1, 0.15) is 0 Å². The molecule has 0 aromatic rings. The molecule has 0 aromatic heterocycles. The van der Waals surface area contributed by atoms with E-state index in [1.807, 2.05) is 0 Å². The highest BCUT2D eigenvalue weighted by Gasteiger charge is 2.55. The summed E-state index contributed by atoms with van der Waals surface area (Å²) in [6.07, 6.45) is 10.7. The van der Waals surface area contributed by atoms with Crippen molar-refractivity contribution in [1.82, 2.24) is 4.90 Å². The van der Waals surface area contributed by atoms with Crippen molar-refractivity contribution in [2.45, 2.75) is 70.9 Å². The second kappa shape index (κ2) is 6.39. The average molecular weight is 359 g/mol. The van der Waals surface area contributed by atoms with Crippen molar-refractivity contribution in [2.24, 2.45) is 11.3 Å². The highest BCUT2D eigenvalue weighted by molar-refractivity contribution is 6.49. The zero-order chi connectivity index (χ0) is 18.6. The normalized spacial score (nSPS) is 34.3. The molecule has 0 amide bonds. The van der Waals surface area contributed by atoms with Crippen LogP contribution in [0.15, 0.2) is 23.9 Å². The molecule has 3 aliphatic heterocycles. The number of ether oxygens (including phenoxy) is 1. The van der Waals surface area contributed by atoms with E-state index in [0.29, 0.717) is 11.3 Å². The van der Waals surface area contributed by atoms with Crippen LogP contribution in [0.3, 0.4) is 0 Å². The predicted molar refractivity (Wildman–Crippen MR) is 105 cm³/mol. The van der Waals surface area contributed by atoms with Crippen molar-refractivity contribution in [3.63, 3.8) is 0 Å². The molecule has 3 fully saturated rings. The molecule has 3 saturated heterocycles. The second-order valence-electron chi connectivity index (χ2n) is 9.55. The van der Waals surface area contributed by atoms with Gasteiger partial charge < -0.3 is 18.9 Å². The minimum absolute atomic E-state index is 0.191. The van der Waals surface area contributed by atoms with E-state index in [-0.39, 0.29) is 24.1 Å². The minimum Gasteiger partial charge on any atom is -0.403 e. The van der Waals surface area contributed by atoms with Crippen molar-refractivity contribution >= 4 is 7.12 Å². The van der Waals surface area contributed by atoms with E-state index in [1.54, 1.807) is 0 Å². The maximum Gasteiger partial charge on any atom is 0.469 e. The molecule has 26 heavy (non-hydrogen) atoms. The van der Waals surface area contributed by atoms with Gasteiger partial charge in [-0.3, -0.25) is 0 Å². The lowest BCUT2D eigenvalue weighted by Gasteiger charge is -2.37. The molecule has 3 heterocycles. The van der Waals surface area contributed by atoms with Crippen molar-refractivity contribution in [2.75, 3.05) is 26.3 Å². The molecule has 5 heteroatoms. The van der Waals surface area contributed by atoms with Crippen molar-refractivity contribution in [1.29, 1.82) is 0 Å². The summed E-state index contributed by atoms with van der Waals surface area (Å²) in [7, 11) is -0.195. The molecule has 2 atom stereocenters. The quantitative estimate of drug-likeness (QED) is 0.562. The Bertz CT molecular complexity index is 590. The van der Waals surface area contributed by atoms with E-state index in [2.05, 4.69) is 57.7 Å². The Morgan fingerprint density at radius 2 is 1.73 bits per heavy atom. The van der Waals surface area contributed by atoms with Crippen LogP contribution in [0.5, 0.6) is 0 Å². The van der Waals surface area contributed by atoms with Gasteiger partial charge in [0.2, 0.25) is 0 Å². The van der Waals surface area contributed by atoms with Crippen LogP contribution < -0.4 is 0 Å². The number of allylic oxidation sites excluding steroid dienone is 3. The fourth-order valence-corrected chi connectivity index (χ4v) is 5.02. The average Bonchev–Trinajstić information content (AvgIpc) is 2.99. The van der Waals surface area contributed by atoms with Gasteiger partial charge in [-0.2, -0.15) is 0 Å². The third-order valence-electron chi connectivity index (χ3n) is 7.31. The highest BCUT2D eigenvalue weighted by Crippen LogP contribution is 2.53. The summed E-state index contributed by atoms with van der Waals surface area (Å²) < 4.78 is 18.3. The van der Waals surface area contributed by atoms with Gasteiger partial charge in [-0.1, -0.05) is 25.2 Å². The summed E-state index contributed by atoms with van der Waals surface area (Å²) >= 11 is 0. The molecule has 0 N–H and O–H groups in total. The maximum atomic E-state index is 6.33. The molecule has 0 radical (unpaired) electrons. The Morgan fingerprint density at radius 1 is 1.08 bits per heavy atom. The molecule has 4 rings (SSSR count). The van der Waals surface area contributed by atoms with Gasteiger partial charge in [0.05, 0.1) is 11.2 Å². The lowest BCUT2D eigenvalue weighted by molar-refractivity contribution is 0.00578. The van der Waals surface area contributed by atoms with Gasteiger partial charge >= 0.3 is 7.12 Å². The largest absolute Gasteiger partial charge is 0.469 e. The van der Waals surface area contributed by atoms with Crippen LogP contribution >= 0.6 is 0 Å². The number of fused-ring (bicyclic) bond motifs is 2. The Balaban J connectivity index is 1.59. The Hall–Kier alpha value is -0.775. The lowest BCUT2D eigenvalue weighted by atomic mass is 9.64. The Kier molecular flexibility index (Phi) is 4.57. The highest BCUT2D eigenvalue weighted by atomic mass is 16.7. The monoisotopic (exact) mass is 359 g/mol. The van der Waals surface area contributed by atoms with Crippen LogP contribution in [0.2, 0.25) is 5.82 Å². The standard InChI is InChI=1S/C21H34BNO3/c1-6-11-23-15-21(9-12-24-13-10-21)17-8-7-16(14-18(17)23)22-25-19(2,3)20(4,5)26-22/h7-8,14,16-17H,6,9-13,15H2,1-5H3. The van der Waals surface area contributed by atoms with Crippen LogP contribution in [-0.4, -0.2) is 49.5 Å². The third kappa shape index (κ3) is 2.87. The lowest BCUT2D eigenvalue weighted by Crippen LogP contribution is -2.41. The Morgan fingerprint density at radius 3 is 2.35 bits per heavy atom. The second-order valence-corrected chi connectivity index (χ2v) is 9.55. The molecule has 0 saturated carbocycles. The summed E-state index contributed by atoms with van der Waals surface area (Å²) in [5, 5.41) is 0. The van der Waals surface area contributed by atoms with Gasteiger partial charge in [-0.05, 0) is 47.0 Å². The van der Waals surface area contributed by atoms with Gasteiger partial charge in [0, 0.05) is 49.2 Å². The smallest absolute Gasteiger partial charge is 0.403 e. The van der Waals surface area contributed by atoms with E-state index in [4.69, 9.17) is 14.0 Å². The van der Waals surface area contributed by atoms with E-state index in [1.165, 1.54) is 31.5 Å². The molecular weight excluding hydrogens is 325 g/mol. The van der Waals surface area contributed by atoms with Gasteiger partial charge in [-0.25, -0.2) is 0 Å². The van der Waals surface area contributed by atoms with Gasteiger partial charge in [0.25, 0.3) is 0 Å². The summed E-state index contributed by atoms with van der Waals surface area (Å²) in [5.41, 5.74) is 1.30. The number of rotatable bonds is 3. The summed E-state index contributed by atoms with van der Waals surface area (Å²) in [5.74, 6) is 0.716. The van der Waals surface area contributed by atoms with E-state index < -0.39 is 0 Å². The van der Waals surface area contributed by atoms with Crippen LogP contribution in [-0.2, 0) is 14.0 Å². The van der Waals surface area contributed by atoms with Gasteiger partial charge in [-0.15, -0.1) is 0 Å². The molecule has 4 nitrogen and oxygen atoms in total. The zero-order valence-electron chi connectivity index (χ0n) is 17.1. The fraction of sp³-hybridized carbons (Fsp3) is 0.810. The first-order valence-corrected chi connectivity index (χ1v) is 10.4. The number of hydrogen-bond acceptors (Lipinski definition) is 4. The van der Waals surface area contributed by atoms with Crippen molar-refractivity contribution in [3.05, 3.63) is 23.9 Å². The first kappa shape index (κ1) is 18.6. The molecule has 144 valence electrons. The third-order valence-corrected chi connectivity index (χ3v) is 7.31. The Labute approximate surface area is 159 Å². The fourth-order valence-electron chi connectivity index (χ4n) is 5.02. The summed E-state index contributed by atoms with van der Waals surface area (Å²) in [6.45, 7) is 14.9. The predicted octanol–water partition coefficient (Wildman–Crippen LogP) is 4.04. The molecule has 0 aromatic carbocycles. The van der Waals surface area contributed by atoms with E-state index in [9.17, 15) is 0 Å². The van der Waals surface area contributed by atoms with Crippen LogP contribution in [0.1, 0.15) is 53.9 Å². The zero-order valence-corrected chi connectivity index (χ0v) is 17.1. The van der Waals surface area contributed by atoms with Crippen molar-refractivity contribution < 1.29 is 14.0 Å². The number of likely N-dealkylation sites (tertiary alicyclic amines) is 1. The molecule has 4 aliphatic rings. The number of hydrogen-bond donors (Lipinski definition) is 0. The number of nitrogens with zero attached hydrogens (tertiary/aromatic N) is 1. The summed E-state index contributed by atoms with van der Waals surface area (Å²) in [6, 6.07) is 0. The van der Waals surface area contributed by atoms with Gasteiger partial charge in [0.15, 0.2) is 0 Å². The topological polar surface area (TPSA) is 30.9 Å². The van der Waals surface area contributed by atoms with E-state index >= 15 is 0 Å². The van der Waals surface area contributed by atoms with Crippen LogP contribution in [0.4, 0.5) is 0 Å². The van der Waals surface area contributed by atoms with E-state index in [0.717, 1.165) is 19.8 Å². The van der Waals surface area contributed by atoms with Crippen LogP contribution in [0, 0.1) is 11.3 Å². The van der Waals surface area contributed by atoms with Crippen molar-refractivity contribution in [3.8, 4) is 0 Å². The molecule has 1 spiro atoms. The first-order chi connectivity index (χ1) is 12.3.